The Balaban J connectivity index is 2.16. The fourth-order valence-electron chi connectivity index (χ4n) is 2.20. The van der Waals surface area contributed by atoms with Crippen molar-refractivity contribution in [3.63, 3.8) is 0 Å². The van der Waals surface area contributed by atoms with E-state index in [0.717, 1.165) is 17.8 Å². The molecule has 3 heteroatoms. The maximum Gasteiger partial charge on any atom is 0.0623 e. The topological polar surface area (TPSA) is 21.3 Å². The van der Waals surface area contributed by atoms with Crippen molar-refractivity contribution in [2.24, 2.45) is 5.92 Å². The van der Waals surface area contributed by atoms with Gasteiger partial charge in [-0.25, -0.2) is 0 Å². The van der Waals surface area contributed by atoms with Crippen LogP contribution in [0.3, 0.4) is 0 Å². The molecule has 1 aliphatic carbocycles. The molecule has 0 amide bonds. The zero-order valence-electron chi connectivity index (χ0n) is 10.3. The molecular weight excluding hydrogens is 206 g/mol. The molecule has 1 rings (SSSR count). The van der Waals surface area contributed by atoms with Gasteiger partial charge in [-0.2, -0.15) is 11.8 Å². The first-order chi connectivity index (χ1) is 7.26. The third-order valence-electron chi connectivity index (χ3n) is 3.20. The Morgan fingerprint density at radius 1 is 1.47 bits per heavy atom. The smallest absolute Gasteiger partial charge is 0.0623 e. The second kappa shape index (κ2) is 7.53. The van der Waals surface area contributed by atoms with Gasteiger partial charge in [0.05, 0.1) is 6.61 Å². The van der Waals surface area contributed by atoms with Gasteiger partial charge in [-0.3, -0.25) is 0 Å². The molecule has 3 unspecified atom stereocenters. The molecule has 1 aliphatic rings. The zero-order valence-corrected chi connectivity index (χ0v) is 11.1. The van der Waals surface area contributed by atoms with Crippen LogP contribution in [0.4, 0.5) is 0 Å². The van der Waals surface area contributed by atoms with Crippen LogP contribution in [0.2, 0.25) is 0 Å². The van der Waals surface area contributed by atoms with Crippen LogP contribution in [0.5, 0.6) is 0 Å². The van der Waals surface area contributed by atoms with Gasteiger partial charge in [-0.05, 0) is 25.8 Å². The van der Waals surface area contributed by atoms with Crippen LogP contribution in [0.15, 0.2) is 0 Å². The van der Waals surface area contributed by atoms with E-state index in [-0.39, 0.29) is 0 Å². The summed E-state index contributed by atoms with van der Waals surface area (Å²) in [5.74, 6) is 2.12. The van der Waals surface area contributed by atoms with E-state index < -0.39 is 0 Å². The lowest BCUT2D eigenvalue weighted by molar-refractivity contribution is 0.177. The van der Waals surface area contributed by atoms with Crippen LogP contribution in [-0.4, -0.2) is 37.8 Å². The summed E-state index contributed by atoms with van der Waals surface area (Å²) in [7, 11) is 3.80. The summed E-state index contributed by atoms with van der Waals surface area (Å²) in [5.41, 5.74) is 0. The molecule has 15 heavy (non-hydrogen) atoms. The predicted molar refractivity (Wildman–Crippen MR) is 68.6 cm³/mol. The van der Waals surface area contributed by atoms with E-state index in [1.807, 2.05) is 7.05 Å². The van der Waals surface area contributed by atoms with E-state index >= 15 is 0 Å². The van der Waals surface area contributed by atoms with Crippen molar-refractivity contribution in [2.45, 2.75) is 43.9 Å². The van der Waals surface area contributed by atoms with Gasteiger partial charge in [0.15, 0.2) is 0 Å². The molecule has 3 atom stereocenters. The minimum absolute atomic E-state index is 0.511. The lowest BCUT2D eigenvalue weighted by Gasteiger charge is -2.27. The lowest BCUT2D eigenvalue weighted by Crippen LogP contribution is -2.33. The Kier molecular flexibility index (Phi) is 6.69. The van der Waals surface area contributed by atoms with Gasteiger partial charge in [-0.1, -0.05) is 19.8 Å². The van der Waals surface area contributed by atoms with Gasteiger partial charge >= 0.3 is 0 Å². The molecule has 2 nitrogen and oxygen atoms in total. The first-order valence-corrected chi connectivity index (χ1v) is 7.09. The molecule has 0 aromatic carbocycles. The Hall–Kier alpha value is 0.270. The van der Waals surface area contributed by atoms with E-state index in [1.54, 1.807) is 7.11 Å². The van der Waals surface area contributed by atoms with Crippen molar-refractivity contribution in [3.05, 3.63) is 0 Å². The second-order valence-corrected chi connectivity index (χ2v) is 6.00. The molecule has 0 heterocycles. The Bertz CT molecular complexity index is 166. The Labute approximate surface area is 98.5 Å². The summed E-state index contributed by atoms with van der Waals surface area (Å²) in [6.45, 7) is 3.21. The summed E-state index contributed by atoms with van der Waals surface area (Å²) in [5, 5.41) is 4.20. The molecule has 1 fully saturated rings. The average molecular weight is 231 g/mol. The van der Waals surface area contributed by atoms with Gasteiger partial charge in [0.1, 0.15) is 0 Å². The summed E-state index contributed by atoms with van der Waals surface area (Å²) < 4.78 is 5.18. The third kappa shape index (κ3) is 5.23. The van der Waals surface area contributed by atoms with Crippen molar-refractivity contribution in [3.8, 4) is 0 Å². The van der Waals surface area contributed by atoms with Crippen molar-refractivity contribution < 1.29 is 4.74 Å². The number of nitrogens with one attached hydrogen (secondary N) is 1. The minimum atomic E-state index is 0.511. The number of hydrogen-bond donors (Lipinski definition) is 1. The predicted octanol–water partition coefficient (Wildman–Crippen LogP) is 2.53. The number of likely N-dealkylation sites (N-methyl/N-ethyl adjacent to an activating group) is 1. The molecule has 0 bridgehead atoms. The Morgan fingerprint density at radius 2 is 2.27 bits per heavy atom. The molecular formula is C12H25NOS. The average Bonchev–Trinajstić information content (AvgIpc) is 2.24. The molecule has 1 N–H and O–H groups in total. The first kappa shape index (κ1) is 13.3. The van der Waals surface area contributed by atoms with Crippen LogP contribution < -0.4 is 5.32 Å². The third-order valence-corrected chi connectivity index (χ3v) is 4.69. The van der Waals surface area contributed by atoms with Crippen LogP contribution in [-0.2, 0) is 4.74 Å². The summed E-state index contributed by atoms with van der Waals surface area (Å²) in [6, 6.07) is 0.511. The molecule has 0 radical (unpaired) electrons. The van der Waals surface area contributed by atoms with Crippen LogP contribution in [0.1, 0.15) is 32.6 Å². The molecule has 0 aliphatic heterocycles. The maximum atomic E-state index is 5.18. The molecule has 1 saturated carbocycles. The highest BCUT2D eigenvalue weighted by Crippen LogP contribution is 2.32. The number of hydrogen-bond acceptors (Lipinski definition) is 3. The van der Waals surface area contributed by atoms with Gasteiger partial charge in [0, 0.05) is 24.2 Å². The summed E-state index contributed by atoms with van der Waals surface area (Å²) in [4.78, 5) is 0. The fraction of sp³-hybridized carbons (Fsp3) is 1.00. The minimum Gasteiger partial charge on any atom is -0.383 e. The zero-order chi connectivity index (χ0) is 11.1. The number of thioether (sulfide) groups is 1. The van der Waals surface area contributed by atoms with E-state index in [4.69, 9.17) is 4.74 Å². The van der Waals surface area contributed by atoms with E-state index in [9.17, 15) is 0 Å². The monoisotopic (exact) mass is 231 g/mol. The summed E-state index contributed by atoms with van der Waals surface area (Å²) >= 11 is 2.13. The first-order valence-electron chi connectivity index (χ1n) is 6.04. The van der Waals surface area contributed by atoms with Crippen molar-refractivity contribution in [1.82, 2.24) is 5.32 Å². The molecule has 0 aromatic rings. The van der Waals surface area contributed by atoms with E-state index in [1.165, 1.54) is 31.4 Å². The van der Waals surface area contributed by atoms with Crippen LogP contribution >= 0.6 is 11.8 Å². The normalized spacial score (nSPS) is 29.0. The van der Waals surface area contributed by atoms with Crippen molar-refractivity contribution in [1.29, 1.82) is 0 Å². The maximum absolute atomic E-state index is 5.18. The number of ether oxygens (including phenoxy) is 1. The highest BCUT2D eigenvalue weighted by atomic mass is 32.2. The SMILES string of the molecule is CNC(COC)CSC1CCCC(C)C1. The molecule has 0 saturated heterocycles. The van der Waals surface area contributed by atoms with Crippen LogP contribution in [0.25, 0.3) is 0 Å². The standard InChI is InChI=1S/C12H25NOS/c1-10-5-4-6-12(7-10)15-9-11(13-2)8-14-3/h10-13H,4-9H2,1-3H3. The lowest BCUT2D eigenvalue weighted by atomic mass is 9.91. The quantitative estimate of drug-likeness (QED) is 0.759. The van der Waals surface area contributed by atoms with Gasteiger partial charge in [-0.15, -0.1) is 0 Å². The molecule has 0 aromatic heterocycles. The van der Waals surface area contributed by atoms with Crippen LogP contribution in [0, 0.1) is 5.92 Å². The van der Waals surface area contributed by atoms with Crippen molar-refractivity contribution >= 4 is 11.8 Å². The van der Waals surface area contributed by atoms with Gasteiger partial charge < -0.3 is 10.1 Å². The summed E-state index contributed by atoms with van der Waals surface area (Å²) in [6.07, 6.45) is 5.68. The van der Waals surface area contributed by atoms with Gasteiger partial charge in [0.2, 0.25) is 0 Å². The largest absolute Gasteiger partial charge is 0.383 e. The molecule has 0 spiro atoms. The highest BCUT2D eigenvalue weighted by Gasteiger charge is 2.20. The Morgan fingerprint density at radius 3 is 2.87 bits per heavy atom. The molecule has 90 valence electrons. The van der Waals surface area contributed by atoms with Crippen molar-refractivity contribution in [2.75, 3.05) is 26.5 Å². The number of rotatable bonds is 6. The fourth-order valence-corrected chi connectivity index (χ4v) is 3.76. The van der Waals surface area contributed by atoms with E-state index in [0.29, 0.717) is 6.04 Å². The van der Waals surface area contributed by atoms with E-state index in [2.05, 4.69) is 24.0 Å². The number of methoxy groups -OCH3 is 1. The van der Waals surface area contributed by atoms with Gasteiger partial charge in [0.25, 0.3) is 0 Å². The highest BCUT2D eigenvalue weighted by molar-refractivity contribution is 7.99. The second-order valence-electron chi connectivity index (χ2n) is 4.67.